The van der Waals surface area contributed by atoms with Crippen molar-refractivity contribution in [2.75, 3.05) is 7.05 Å². The molecule has 0 saturated carbocycles. The molecule has 0 fully saturated rings. The van der Waals surface area contributed by atoms with Crippen molar-refractivity contribution in [2.24, 2.45) is 0 Å². The Hall–Kier alpha value is -1.79. The molecule has 3 nitrogen and oxygen atoms in total. The monoisotopic (exact) mass is 203 g/mol. The highest BCUT2D eigenvalue weighted by atomic mass is 16.4. The summed E-state index contributed by atoms with van der Waals surface area (Å²) in [5, 5.41) is 11.4. The molecule has 1 aromatic carbocycles. The maximum Gasteiger partial charge on any atom is 0.315 e. The lowest BCUT2D eigenvalue weighted by Crippen LogP contribution is -2.04. The number of rotatable bonds is 3. The van der Waals surface area contributed by atoms with Crippen molar-refractivity contribution >= 4 is 5.97 Å². The molecule has 0 atom stereocenters. The van der Waals surface area contributed by atoms with E-state index in [-0.39, 0.29) is 6.42 Å². The Morgan fingerprint density at radius 3 is 2.60 bits per heavy atom. The van der Waals surface area contributed by atoms with E-state index in [1.54, 1.807) is 0 Å². The van der Waals surface area contributed by atoms with Gasteiger partial charge >= 0.3 is 5.97 Å². The number of aliphatic carboxylic acids is 1. The number of carboxylic acid groups (broad SMARTS) is 1. The Bertz CT molecular complexity index is 384. The SMILES string of the molecule is CNCc1ccc(C#CCC(=O)O)cc1. The van der Waals surface area contributed by atoms with Crippen LogP contribution in [0.4, 0.5) is 0 Å². The summed E-state index contributed by atoms with van der Waals surface area (Å²) >= 11 is 0. The van der Waals surface area contributed by atoms with E-state index >= 15 is 0 Å². The van der Waals surface area contributed by atoms with Crippen LogP contribution in [0.3, 0.4) is 0 Å². The summed E-state index contributed by atoms with van der Waals surface area (Å²) in [6, 6.07) is 7.73. The number of carbonyl (C=O) groups is 1. The molecule has 1 rings (SSSR count). The molecule has 0 spiro atoms. The molecule has 0 aliphatic heterocycles. The highest BCUT2D eigenvalue weighted by Crippen LogP contribution is 2.02. The predicted octanol–water partition coefficient (Wildman–Crippen LogP) is 1.23. The fraction of sp³-hybridized carbons (Fsp3) is 0.250. The van der Waals surface area contributed by atoms with Crippen LogP contribution in [0.5, 0.6) is 0 Å². The zero-order valence-corrected chi connectivity index (χ0v) is 8.58. The second kappa shape index (κ2) is 5.84. The lowest BCUT2D eigenvalue weighted by molar-refractivity contribution is -0.135. The lowest BCUT2D eigenvalue weighted by Gasteiger charge is -1.98. The second-order valence-electron chi connectivity index (χ2n) is 3.10. The van der Waals surface area contributed by atoms with Gasteiger partial charge in [0.15, 0.2) is 0 Å². The molecule has 0 radical (unpaired) electrons. The van der Waals surface area contributed by atoms with E-state index < -0.39 is 5.97 Å². The molecule has 15 heavy (non-hydrogen) atoms. The first-order chi connectivity index (χ1) is 7.22. The molecule has 0 saturated heterocycles. The predicted molar refractivity (Wildman–Crippen MR) is 58.3 cm³/mol. The van der Waals surface area contributed by atoms with E-state index in [9.17, 15) is 4.79 Å². The van der Waals surface area contributed by atoms with Crippen molar-refractivity contribution in [3.8, 4) is 11.8 Å². The number of hydrogen-bond acceptors (Lipinski definition) is 2. The van der Waals surface area contributed by atoms with E-state index in [0.717, 1.165) is 12.1 Å². The average Bonchev–Trinajstić information content (AvgIpc) is 2.20. The van der Waals surface area contributed by atoms with Crippen molar-refractivity contribution in [1.29, 1.82) is 0 Å². The number of carboxylic acids is 1. The third kappa shape index (κ3) is 4.30. The van der Waals surface area contributed by atoms with Crippen LogP contribution in [-0.4, -0.2) is 18.1 Å². The van der Waals surface area contributed by atoms with Crippen molar-refractivity contribution in [3.63, 3.8) is 0 Å². The Labute approximate surface area is 89.1 Å². The highest BCUT2D eigenvalue weighted by molar-refractivity contribution is 5.70. The van der Waals surface area contributed by atoms with Gasteiger partial charge in [-0.05, 0) is 24.7 Å². The van der Waals surface area contributed by atoms with Gasteiger partial charge in [-0.2, -0.15) is 0 Å². The van der Waals surface area contributed by atoms with Crippen LogP contribution in [0.2, 0.25) is 0 Å². The van der Waals surface area contributed by atoms with Gasteiger partial charge in [0.05, 0.1) is 0 Å². The summed E-state index contributed by atoms with van der Waals surface area (Å²) in [6.45, 7) is 0.822. The highest BCUT2D eigenvalue weighted by Gasteiger charge is 1.91. The minimum Gasteiger partial charge on any atom is -0.481 e. The van der Waals surface area contributed by atoms with Crippen molar-refractivity contribution in [3.05, 3.63) is 35.4 Å². The fourth-order valence-electron chi connectivity index (χ4n) is 1.13. The summed E-state index contributed by atoms with van der Waals surface area (Å²) in [5.74, 6) is 4.49. The van der Waals surface area contributed by atoms with Crippen molar-refractivity contribution in [1.82, 2.24) is 5.32 Å². The molecule has 0 bridgehead atoms. The molecule has 1 aromatic rings. The zero-order chi connectivity index (χ0) is 11.1. The third-order valence-electron chi connectivity index (χ3n) is 1.81. The molecule has 0 heterocycles. The van der Waals surface area contributed by atoms with Crippen LogP contribution in [0.1, 0.15) is 17.5 Å². The molecule has 3 heteroatoms. The third-order valence-corrected chi connectivity index (χ3v) is 1.81. The van der Waals surface area contributed by atoms with E-state index in [0.29, 0.717) is 0 Å². The maximum absolute atomic E-state index is 10.2. The summed E-state index contributed by atoms with van der Waals surface area (Å²) in [5.41, 5.74) is 2.03. The van der Waals surface area contributed by atoms with Crippen LogP contribution >= 0.6 is 0 Å². The number of hydrogen-bond donors (Lipinski definition) is 2. The fourth-order valence-corrected chi connectivity index (χ4v) is 1.13. The second-order valence-corrected chi connectivity index (χ2v) is 3.10. The summed E-state index contributed by atoms with van der Waals surface area (Å²) < 4.78 is 0. The Morgan fingerprint density at radius 1 is 1.40 bits per heavy atom. The number of benzene rings is 1. The molecule has 78 valence electrons. The van der Waals surface area contributed by atoms with Crippen LogP contribution in [0.25, 0.3) is 0 Å². The normalized spacial score (nSPS) is 9.13. The minimum atomic E-state index is -0.894. The number of nitrogens with one attached hydrogen (secondary N) is 1. The van der Waals surface area contributed by atoms with Gasteiger partial charge < -0.3 is 10.4 Å². The van der Waals surface area contributed by atoms with Crippen molar-refractivity contribution in [2.45, 2.75) is 13.0 Å². The van der Waals surface area contributed by atoms with Gasteiger partial charge in [0, 0.05) is 12.1 Å². The Morgan fingerprint density at radius 2 is 2.07 bits per heavy atom. The van der Waals surface area contributed by atoms with E-state index in [1.807, 2.05) is 31.3 Å². The van der Waals surface area contributed by atoms with E-state index in [2.05, 4.69) is 17.2 Å². The summed E-state index contributed by atoms with van der Waals surface area (Å²) in [4.78, 5) is 10.2. The van der Waals surface area contributed by atoms with Gasteiger partial charge in [-0.25, -0.2) is 0 Å². The zero-order valence-electron chi connectivity index (χ0n) is 8.58. The first-order valence-corrected chi connectivity index (χ1v) is 4.66. The van der Waals surface area contributed by atoms with E-state index in [1.165, 1.54) is 5.56 Å². The van der Waals surface area contributed by atoms with Gasteiger partial charge in [-0.15, -0.1) is 0 Å². The van der Waals surface area contributed by atoms with Gasteiger partial charge in [0.1, 0.15) is 6.42 Å². The first-order valence-electron chi connectivity index (χ1n) is 4.66. The van der Waals surface area contributed by atoms with Crippen LogP contribution < -0.4 is 5.32 Å². The Balaban J connectivity index is 2.62. The molecule has 0 unspecified atom stereocenters. The smallest absolute Gasteiger partial charge is 0.315 e. The van der Waals surface area contributed by atoms with E-state index in [4.69, 9.17) is 5.11 Å². The summed E-state index contributed by atoms with van der Waals surface area (Å²) in [6.07, 6.45) is -0.113. The molecule has 0 aliphatic carbocycles. The Kier molecular flexibility index (Phi) is 4.39. The van der Waals surface area contributed by atoms with Gasteiger partial charge in [0.2, 0.25) is 0 Å². The molecule has 2 N–H and O–H groups in total. The topological polar surface area (TPSA) is 49.3 Å². The maximum atomic E-state index is 10.2. The van der Waals surface area contributed by atoms with Crippen LogP contribution in [0.15, 0.2) is 24.3 Å². The first kappa shape index (κ1) is 11.3. The van der Waals surface area contributed by atoms with Gasteiger partial charge in [0.25, 0.3) is 0 Å². The minimum absolute atomic E-state index is 0.113. The van der Waals surface area contributed by atoms with Crippen LogP contribution in [0, 0.1) is 11.8 Å². The van der Waals surface area contributed by atoms with Crippen molar-refractivity contribution < 1.29 is 9.90 Å². The van der Waals surface area contributed by atoms with Gasteiger partial charge in [-0.1, -0.05) is 24.0 Å². The standard InChI is InChI=1S/C12H13NO2/c1-13-9-11-7-5-10(6-8-11)3-2-4-12(14)15/h5-8,13H,4,9H2,1H3,(H,14,15). The lowest BCUT2D eigenvalue weighted by atomic mass is 10.1. The molecular formula is C12H13NO2. The van der Waals surface area contributed by atoms with Crippen LogP contribution in [-0.2, 0) is 11.3 Å². The molecule has 0 aromatic heterocycles. The summed E-state index contributed by atoms with van der Waals surface area (Å²) in [7, 11) is 1.89. The largest absolute Gasteiger partial charge is 0.481 e. The molecule has 0 aliphatic rings. The molecular weight excluding hydrogens is 190 g/mol. The van der Waals surface area contributed by atoms with Gasteiger partial charge in [-0.3, -0.25) is 4.79 Å². The molecule has 0 amide bonds. The quantitative estimate of drug-likeness (QED) is 0.726. The average molecular weight is 203 g/mol.